The molecule has 0 spiro atoms. The van der Waals surface area contributed by atoms with Crippen molar-refractivity contribution in [2.75, 3.05) is 5.32 Å². The molecule has 1 fully saturated rings. The summed E-state index contributed by atoms with van der Waals surface area (Å²) in [5.74, 6) is 1.30. The molecule has 3 aromatic rings. The van der Waals surface area contributed by atoms with Gasteiger partial charge in [0, 0.05) is 16.7 Å². The van der Waals surface area contributed by atoms with Crippen molar-refractivity contribution in [1.82, 2.24) is 0 Å². The highest BCUT2D eigenvalue weighted by atomic mass is 19.1. The van der Waals surface area contributed by atoms with Gasteiger partial charge in [0.05, 0.1) is 5.69 Å². The lowest BCUT2D eigenvalue weighted by molar-refractivity contribution is 0.312. The first-order chi connectivity index (χ1) is 15.5. The summed E-state index contributed by atoms with van der Waals surface area (Å²) in [7, 11) is 0. The Morgan fingerprint density at radius 1 is 0.844 bits per heavy atom. The molecule has 0 bridgehead atoms. The van der Waals surface area contributed by atoms with Crippen molar-refractivity contribution in [1.29, 1.82) is 0 Å². The first-order valence-corrected chi connectivity index (χ1v) is 11.3. The maximum absolute atomic E-state index is 13.5. The third-order valence-corrected chi connectivity index (χ3v) is 6.23. The highest BCUT2D eigenvalue weighted by Crippen LogP contribution is 2.38. The van der Waals surface area contributed by atoms with E-state index in [1.807, 2.05) is 36.4 Å². The number of anilines is 1. The Kier molecular flexibility index (Phi) is 6.79. The molecule has 1 N–H and O–H groups in total. The average Bonchev–Trinajstić information content (AvgIpc) is 2.81. The third kappa shape index (κ3) is 5.31. The number of nitrogens with one attached hydrogen (secondary N) is 1. The van der Waals surface area contributed by atoms with E-state index in [4.69, 9.17) is 9.98 Å². The fourth-order valence-electron chi connectivity index (χ4n) is 4.25. The number of nitrogens with zero attached hydrogens (tertiary/aromatic N) is 2. The number of aliphatic imine (C=N–C) groups is 2. The van der Waals surface area contributed by atoms with Gasteiger partial charge in [-0.15, -0.1) is 0 Å². The van der Waals surface area contributed by atoms with Gasteiger partial charge in [-0.1, -0.05) is 68.7 Å². The zero-order valence-electron chi connectivity index (χ0n) is 18.8. The van der Waals surface area contributed by atoms with Crippen molar-refractivity contribution in [3.05, 3.63) is 95.8 Å². The van der Waals surface area contributed by atoms with Gasteiger partial charge in [-0.05, 0) is 61.7 Å². The molecule has 0 amide bonds. The standard InChI is InChI=1S/C28H30FN3/c1-21-11-7-8-14-25(21)26(30-24-17-15-22(29)16-18-24)32-27(28(2)19-9-4-10-20-28)31-23-12-5-3-6-13-23/h3,5-8,11-18H,4,9-10,19-20H2,1-2H3,(H,30,31,32). The number of para-hydroxylation sites is 1. The second-order valence-electron chi connectivity index (χ2n) is 8.80. The molecular formula is C28H30FN3. The number of amidine groups is 2. The summed E-state index contributed by atoms with van der Waals surface area (Å²) in [5, 5.41) is 3.61. The van der Waals surface area contributed by atoms with Crippen molar-refractivity contribution in [3.8, 4) is 0 Å². The Bertz CT molecular complexity index is 1100. The number of hydrogen-bond acceptors (Lipinski definition) is 1. The van der Waals surface area contributed by atoms with Gasteiger partial charge in [-0.2, -0.15) is 0 Å². The Morgan fingerprint density at radius 2 is 1.50 bits per heavy atom. The molecule has 4 rings (SSSR count). The molecule has 0 saturated heterocycles. The lowest BCUT2D eigenvalue weighted by Gasteiger charge is -2.35. The maximum atomic E-state index is 13.5. The number of hydrogen-bond donors (Lipinski definition) is 1. The normalized spacial score (nSPS) is 16.6. The molecule has 0 unspecified atom stereocenters. The minimum absolute atomic E-state index is 0.0552. The average molecular weight is 428 g/mol. The van der Waals surface area contributed by atoms with Gasteiger partial charge in [0.1, 0.15) is 11.7 Å². The van der Waals surface area contributed by atoms with Crippen LogP contribution in [-0.4, -0.2) is 11.7 Å². The van der Waals surface area contributed by atoms with Crippen LogP contribution in [0.15, 0.2) is 88.8 Å². The zero-order valence-corrected chi connectivity index (χ0v) is 18.8. The number of benzene rings is 3. The van der Waals surface area contributed by atoms with Crippen LogP contribution in [0.5, 0.6) is 0 Å². The van der Waals surface area contributed by atoms with Crippen molar-refractivity contribution in [2.24, 2.45) is 15.4 Å². The van der Waals surface area contributed by atoms with Crippen molar-refractivity contribution in [2.45, 2.75) is 46.0 Å². The summed E-state index contributed by atoms with van der Waals surface area (Å²) in [6.07, 6.45) is 5.83. The van der Waals surface area contributed by atoms with Crippen LogP contribution in [0.3, 0.4) is 0 Å². The molecule has 0 radical (unpaired) electrons. The van der Waals surface area contributed by atoms with Crippen LogP contribution in [0.2, 0.25) is 0 Å². The number of aryl methyl sites for hydroxylation is 1. The molecule has 164 valence electrons. The molecule has 1 aliphatic carbocycles. The fourth-order valence-corrected chi connectivity index (χ4v) is 4.25. The van der Waals surface area contributed by atoms with E-state index in [0.29, 0.717) is 11.5 Å². The number of rotatable bonds is 4. The van der Waals surface area contributed by atoms with Crippen molar-refractivity contribution < 1.29 is 4.39 Å². The van der Waals surface area contributed by atoms with Crippen LogP contribution < -0.4 is 5.32 Å². The SMILES string of the molecule is Cc1ccccc1C(=Nc1ccc(F)cc1)N=C(Nc1ccccc1)C1(C)CCCCC1. The first kappa shape index (κ1) is 21.9. The fraction of sp³-hybridized carbons (Fsp3) is 0.286. The Hall–Kier alpha value is -3.27. The summed E-state index contributed by atoms with van der Waals surface area (Å²) < 4.78 is 13.5. The molecule has 1 aliphatic rings. The lowest BCUT2D eigenvalue weighted by Crippen LogP contribution is -2.36. The Labute approximate surface area is 190 Å². The van der Waals surface area contributed by atoms with Gasteiger partial charge >= 0.3 is 0 Å². The minimum Gasteiger partial charge on any atom is -0.343 e. The zero-order chi connectivity index (χ0) is 22.4. The van der Waals surface area contributed by atoms with E-state index in [-0.39, 0.29) is 11.2 Å². The van der Waals surface area contributed by atoms with Gasteiger partial charge in [-0.25, -0.2) is 14.4 Å². The predicted molar refractivity (Wildman–Crippen MR) is 132 cm³/mol. The molecule has 3 aromatic carbocycles. The van der Waals surface area contributed by atoms with Gasteiger partial charge in [0.15, 0.2) is 5.84 Å². The lowest BCUT2D eigenvalue weighted by atomic mass is 9.74. The molecule has 0 atom stereocenters. The van der Waals surface area contributed by atoms with Crippen LogP contribution in [0, 0.1) is 18.2 Å². The van der Waals surface area contributed by atoms with E-state index in [2.05, 4.69) is 37.4 Å². The summed E-state index contributed by atoms with van der Waals surface area (Å²) in [5.41, 5.74) is 3.72. The van der Waals surface area contributed by atoms with Crippen LogP contribution in [0.1, 0.15) is 50.2 Å². The second-order valence-corrected chi connectivity index (χ2v) is 8.80. The summed E-state index contributed by atoms with van der Waals surface area (Å²) in [6, 6.07) is 24.6. The quantitative estimate of drug-likeness (QED) is 0.336. The highest BCUT2D eigenvalue weighted by molar-refractivity contribution is 6.12. The smallest absolute Gasteiger partial charge is 0.162 e. The molecular weight excluding hydrogens is 397 g/mol. The largest absolute Gasteiger partial charge is 0.343 e. The Morgan fingerprint density at radius 3 is 2.19 bits per heavy atom. The van der Waals surface area contributed by atoms with E-state index in [1.165, 1.54) is 31.4 Å². The summed E-state index contributed by atoms with van der Waals surface area (Å²) in [6.45, 7) is 4.37. The van der Waals surface area contributed by atoms with Crippen molar-refractivity contribution in [3.63, 3.8) is 0 Å². The minimum atomic E-state index is -0.272. The topological polar surface area (TPSA) is 36.8 Å². The summed E-state index contributed by atoms with van der Waals surface area (Å²) >= 11 is 0. The number of halogens is 1. The highest BCUT2D eigenvalue weighted by Gasteiger charge is 2.33. The van der Waals surface area contributed by atoms with E-state index in [0.717, 1.165) is 35.5 Å². The van der Waals surface area contributed by atoms with Gasteiger partial charge in [0.25, 0.3) is 0 Å². The first-order valence-electron chi connectivity index (χ1n) is 11.3. The van der Waals surface area contributed by atoms with E-state index < -0.39 is 0 Å². The van der Waals surface area contributed by atoms with Crippen LogP contribution in [0.4, 0.5) is 15.8 Å². The second kappa shape index (κ2) is 9.90. The van der Waals surface area contributed by atoms with E-state index in [1.54, 1.807) is 12.1 Å². The third-order valence-electron chi connectivity index (χ3n) is 6.23. The van der Waals surface area contributed by atoms with E-state index in [9.17, 15) is 4.39 Å². The van der Waals surface area contributed by atoms with Crippen molar-refractivity contribution >= 4 is 23.0 Å². The van der Waals surface area contributed by atoms with Crippen LogP contribution >= 0.6 is 0 Å². The van der Waals surface area contributed by atoms with Gasteiger partial charge in [-0.3, -0.25) is 0 Å². The molecule has 0 aliphatic heterocycles. The monoisotopic (exact) mass is 427 g/mol. The molecule has 32 heavy (non-hydrogen) atoms. The maximum Gasteiger partial charge on any atom is 0.162 e. The van der Waals surface area contributed by atoms with Gasteiger partial charge in [0.2, 0.25) is 0 Å². The summed E-state index contributed by atoms with van der Waals surface area (Å²) in [4.78, 5) is 10.0. The molecule has 4 heteroatoms. The molecule has 0 aromatic heterocycles. The predicted octanol–water partition coefficient (Wildman–Crippen LogP) is 7.69. The molecule has 3 nitrogen and oxygen atoms in total. The van der Waals surface area contributed by atoms with Crippen LogP contribution in [-0.2, 0) is 0 Å². The van der Waals surface area contributed by atoms with Gasteiger partial charge < -0.3 is 5.32 Å². The Balaban J connectivity index is 1.84. The molecule has 0 heterocycles. The van der Waals surface area contributed by atoms with Crippen LogP contribution in [0.25, 0.3) is 0 Å². The van der Waals surface area contributed by atoms with E-state index >= 15 is 0 Å². The molecule has 1 saturated carbocycles.